The van der Waals surface area contributed by atoms with Crippen LogP contribution in [0.2, 0.25) is 0 Å². The van der Waals surface area contributed by atoms with Crippen molar-refractivity contribution in [2.75, 3.05) is 17.3 Å². The summed E-state index contributed by atoms with van der Waals surface area (Å²) in [4.78, 5) is 12.1. The minimum absolute atomic E-state index is 0.182. The predicted octanol–water partition coefficient (Wildman–Crippen LogP) is 1.50. The third kappa shape index (κ3) is 3.83. The zero-order valence-electron chi connectivity index (χ0n) is 12.1. The van der Waals surface area contributed by atoms with Gasteiger partial charge in [-0.3, -0.25) is 4.79 Å². The lowest BCUT2D eigenvalue weighted by Crippen LogP contribution is -2.36. The van der Waals surface area contributed by atoms with E-state index in [0.717, 1.165) is 11.3 Å². The Morgan fingerprint density at radius 1 is 1.48 bits per heavy atom. The minimum atomic E-state index is -0.509. The Labute approximate surface area is 128 Å². The van der Waals surface area contributed by atoms with E-state index in [1.54, 1.807) is 22.7 Å². The molecule has 0 fully saturated rings. The molecule has 0 bridgehead atoms. The highest BCUT2D eigenvalue weighted by molar-refractivity contribution is 7.98. The largest absolute Gasteiger partial charge is 0.324 e. The highest BCUT2D eigenvalue weighted by Gasteiger charge is 2.16. The number of rotatable bonds is 6. The van der Waals surface area contributed by atoms with Gasteiger partial charge in [0.15, 0.2) is 5.82 Å². The predicted molar refractivity (Wildman–Crippen MR) is 86.0 cm³/mol. The van der Waals surface area contributed by atoms with E-state index in [4.69, 9.17) is 5.73 Å². The SMILES string of the molecule is CSCC[C@H](N)C(=O)Nc1ccccc1-c1nncn1C. The Kier molecular flexibility index (Phi) is 5.35. The number of nitrogens with two attached hydrogens (primary N) is 1. The monoisotopic (exact) mass is 305 g/mol. The molecule has 1 aromatic carbocycles. The smallest absolute Gasteiger partial charge is 0.241 e. The molecule has 21 heavy (non-hydrogen) atoms. The summed E-state index contributed by atoms with van der Waals surface area (Å²) in [5.41, 5.74) is 7.41. The second-order valence-corrected chi connectivity index (χ2v) is 5.67. The molecule has 0 saturated carbocycles. The number of anilines is 1. The maximum Gasteiger partial charge on any atom is 0.241 e. The number of nitrogens with zero attached hydrogens (tertiary/aromatic N) is 3. The van der Waals surface area contributed by atoms with Gasteiger partial charge in [-0.2, -0.15) is 11.8 Å². The maximum atomic E-state index is 12.1. The zero-order chi connectivity index (χ0) is 15.2. The van der Waals surface area contributed by atoms with E-state index in [1.807, 2.05) is 37.6 Å². The van der Waals surface area contributed by atoms with Crippen molar-refractivity contribution in [2.24, 2.45) is 12.8 Å². The molecule has 0 saturated heterocycles. The summed E-state index contributed by atoms with van der Waals surface area (Å²) in [5.74, 6) is 1.38. The van der Waals surface area contributed by atoms with Crippen LogP contribution >= 0.6 is 11.8 Å². The van der Waals surface area contributed by atoms with Crippen LogP contribution in [-0.4, -0.2) is 38.7 Å². The first-order chi connectivity index (χ1) is 10.1. The fourth-order valence-corrected chi connectivity index (χ4v) is 2.41. The molecule has 1 aromatic heterocycles. The average Bonchev–Trinajstić information content (AvgIpc) is 2.91. The van der Waals surface area contributed by atoms with Gasteiger partial charge in [-0.15, -0.1) is 10.2 Å². The molecule has 7 heteroatoms. The van der Waals surface area contributed by atoms with Crippen LogP contribution in [0.3, 0.4) is 0 Å². The molecule has 0 aliphatic carbocycles. The van der Waals surface area contributed by atoms with Crippen LogP contribution in [0.5, 0.6) is 0 Å². The molecule has 1 amide bonds. The molecule has 1 atom stereocenters. The summed E-state index contributed by atoms with van der Waals surface area (Å²) in [5, 5.41) is 10.8. The van der Waals surface area contributed by atoms with Crippen molar-refractivity contribution in [3.05, 3.63) is 30.6 Å². The first kappa shape index (κ1) is 15.5. The Morgan fingerprint density at radius 2 is 2.24 bits per heavy atom. The number of amides is 1. The standard InChI is InChI=1S/C14H19N5OS/c1-19-9-16-18-13(19)10-5-3-4-6-12(10)17-14(20)11(15)7-8-21-2/h3-6,9,11H,7-8,15H2,1-2H3,(H,17,20)/t11-/m0/s1. The van der Waals surface area contributed by atoms with Crippen molar-refractivity contribution >= 4 is 23.4 Å². The fourth-order valence-electron chi connectivity index (χ4n) is 1.92. The van der Waals surface area contributed by atoms with Gasteiger partial charge < -0.3 is 15.6 Å². The van der Waals surface area contributed by atoms with E-state index in [2.05, 4.69) is 15.5 Å². The lowest BCUT2D eigenvalue weighted by molar-refractivity contribution is -0.117. The zero-order valence-corrected chi connectivity index (χ0v) is 12.9. The molecular formula is C14H19N5OS. The quantitative estimate of drug-likeness (QED) is 0.844. The summed E-state index contributed by atoms with van der Waals surface area (Å²) >= 11 is 1.68. The van der Waals surface area contributed by atoms with Crippen LogP contribution in [-0.2, 0) is 11.8 Å². The summed E-state index contributed by atoms with van der Waals surface area (Å²) in [6, 6.07) is 6.98. The lowest BCUT2D eigenvalue weighted by Gasteiger charge is -2.14. The number of aryl methyl sites for hydroxylation is 1. The summed E-state index contributed by atoms with van der Waals surface area (Å²) in [6.45, 7) is 0. The van der Waals surface area contributed by atoms with Gasteiger partial charge in [0, 0.05) is 12.6 Å². The van der Waals surface area contributed by atoms with Gasteiger partial charge >= 0.3 is 0 Å². The van der Waals surface area contributed by atoms with Gasteiger partial charge in [0.05, 0.1) is 11.7 Å². The van der Waals surface area contributed by atoms with Crippen molar-refractivity contribution in [2.45, 2.75) is 12.5 Å². The van der Waals surface area contributed by atoms with Gasteiger partial charge in [0.2, 0.25) is 5.91 Å². The number of carbonyl (C=O) groups is 1. The van der Waals surface area contributed by atoms with E-state index in [9.17, 15) is 4.79 Å². The highest BCUT2D eigenvalue weighted by atomic mass is 32.2. The second-order valence-electron chi connectivity index (χ2n) is 4.69. The van der Waals surface area contributed by atoms with E-state index in [1.165, 1.54) is 0 Å². The van der Waals surface area contributed by atoms with E-state index >= 15 is 0 Å². The number of para-hydroxylation sites is 1. The molecule has 2 aromatic rings. The second kappa shape index (κ2) is 7.24. The maximum absolute atomic E-state index is 12.1. The molecule has 2 rings (SSSR count). The molecule has 3 N–H and O–H groups in total. The normalized spacial score (nSPS) is 12.1. The fraction of sp³-hybridized carbons (Fsp3) is 0.357. The van der Waals surface area contributed by atoms with E-state index < -0.39 is 6.04 Å². The molecule has 6 nitrogen and oxygen atoms in total. The van der Waals surface area contributed by atoms with Crippen LogP contribution in [0.4, 0.5) is 5.69 Å². The van der Waals surface area contributed by atoms with Crippen molar-refractivity contribution in [1.82, 2.24) is 14.8 Å². The number of benzene rings is 1. The third-order valence-electron chi connectivity index (χ3n) is 3.11. The Bertz CT molecular complexity index is 613. The Morgan fingerprint density at radius 3 is 2.90 bits per heavy atom. The summed E-state index contributed by atoms with van der Waals surface area (Å²) in [7, 11) is 1.86. The van der Waals surface area contributed by atoms with Crippen LogP contribution in [0, 0.1) is 0 Å². The van der Waals surface area contributed by atoms with Crippen LogP contribution in [0.1, 0.15) is 6.42 Å². The van der Waals surface area contributed by atoms with Crippen LogP contribution in [0.15, 0.2) is 30.6 Å². The Hall–Kier alpha value is -1.86. The van der Waals surface area contributed by atoms with E-state index in [0.29, 0.717) is 17.9 Å². The first-order valence-corrected chi connectivity index (χ1v) is 8.01. The van der Waals surface area contributed by atoms with Gasteiger partial charge in [0.25, 0.3) is 0 Å². The van der Waals surface area contributed by atoms with Crippen molar-refractivity contribution < 1.29 is 4.79 Å². The van der Waals surface area contributed by atoms with Gasteiger partial charge in [-0.25, -0.2) is 0 Å². The average molecular weight is 305 g/mol. The molecule has 0 spiro atoms. The molecule has 0 aliphatic rings. The first-order valence-electron chi connectivity index (χ1n) is 6.62. The van der Waals surface area contributed by atoms with Crippen molar-refractivity contribution in [1.29, 1.82) is 0 Å². The number of hydrogen-bond acceptors (Lipinski definition) is 5. The molecule has 1 heterocycles. The number of thioether (sulfide) groups is 1. The van der Waals surface area contributed by atoms with Gasteiger partial charge in [0.1, 0.15) is 6.33 Å². The Balaban J connectivity index is 2.18. The number of hydrogen-bond donors (Lipinski definition) is 2. The van der Waals surface area contributed by atoms with Crippen molar-refractivity contribution in [3.63, 3.8) is 0 Å². The van der Waals surface area contributed by atoms with E-state index in [-0.39, 0.29) is 5.91 Å². The summed E-state index contributed by atoms with van der Waals surface area (Å²) in [6.07, 6.45) is 4.27. The molecule has 0 aliphatic heterocycles. The number of aromatic nitrogens is 3. The third-order valence-corrected chi connectivity index (χ3v) is 3.75. The number of carbonyl (C=O) groups excluding carboxylic acids is 1. The molecular weight excluding hydrogens is 286 g/mol. The van der Waals surface area contributed by atoms with Gasteiger partial charge in [-0.1, -0.05) is 12.1 Å². The highest BCUT2D eigenvalue weighted by Crippen LogP contribution is 2.25. The lowest BCUT2D eigenvalue weighted by atomic mass is 10.1. The van der Waals surface area contributed by atoms with Crippen LogP contribution < -0.4 is 11.1 Å². The molecule has 112 valence electrons. The topological polar surface area (TPSA) is 85.8 Å². The van der Waals surface area contributed by atoms with Gasteiger partial charge in [-0.05, 0) is 30.6 Å². The van der Waals surface area contributed by atoms with Crippen molar-refractivity contribution in [3.8, 4) is 11.4 Å². The minimum Gasteiger partial charge on any atom is -0.324 e. The number of nitrogens with one attached hydrogen (secondary N) is 1. The summed E-state index contributed by atoms with van der Waals surface area (Å²) < 4.78 is 1.80. The van der Waals surface area contributed by atoms with Crippen LogP contribution in [0.25, 0.3) is 11.4 Å². The molecule has 0 unspecified atom stereocenters. The molecule has 0 radical (unpaired) electrons.